The van der Waals surface area contributed by atoms with Crippen molar-refractivity contribution >= 4 is 23.5 Å². The zero-order chi connectivity index (χ0) is 25.0. The summed E-state index contributed by atoms with van der Waals surface area (Å²) in [6.45, 7) is 9.62. The number of anilines is 1. The van der Waals surface area contributed by atoms with E-state index >= 15 is 0 Å². The Kier molecular flexibility index (Phi) is 8.03. The van der Waals surface area contributed by atoms with Crippen LogP contribution in [0.15, 0.2) is 54.6 Å². The first-order chi connectivity index (χ1) is 15.3. The first kappa shape index (κ1) is 26.1. The third-order valence-corrected chi connectivity index (χ3v) is 6.00. The smallest absolute Gasteiger partial charge is 0.335 e. The fourth-order valence-electron chi connectivity index (χ4n) is 3.90. The highest BCUT2D eigenvalue weighted by Gasteiger charge is 2.40. The van der Waals surface area contributed by atoms with Gasteiger partial charge < -0.3 is 20.6 Å². The van der Waals surface area contributed by atoms with Crippen LogP contribution in [-0.4, -0.2) is 49.1 Å². The lowest BCUT2D eigenvalue weighted by Crippen LogP contribution is -2.60. The number of nitrogens with one attached hydrogen (secondary N) is 2. The van der Waals surface area contributed by atoms with Gasteiger partial charge in [0, 0.05) is 18.2 Å². The van der Waals surface area contributed by atoms with Crippen molar-refractivity contribution in [3.63, 3.8) is 0 Å². The number of carboxylic acids is 1. The van der Waals surface area contributed by atoms with E-state index in [2.05, 4.69) is 10.6 Å². The Morgan fingerprint density at radius 3 is 2.03 bits per heavy atom. The van der Waals surface area contributed by atoms with Crippen LogP contribution in [0, 0.1) is 5.41 Å². The molecule has 2 aromatic carbocycles. The van der Waals surface area contributed by atoms with Crippen molar-refractivity contribution in [2.75, 3.05) is 19.0 Å². The van der Waals surface area contributed by atoms with E-state index in [9.17, 15) is 19.5 Å². The lowest BCUT2D eigenvalue weighted by atomic mass is 9.76. The lowest BCUT2D eigenvalue weighted by Gasteiger charge is -2.38. The zero-order valence-electron chi connectivity index (χ0n) is 20.5. The quantitative estimate of drug-likeness (QED) is 0.569. The van der Waals surface area contributed by atoms with E-state index < -0.39 is 28.9 Å². The number of nitrogens with zero attached hydrogens (tertiary/aromatic N) is 1. The van der Waals surface area contributed by atoms with Crippen LogP contribution in [0.1, 0.15) is 50.5 Å². The topological polar surface area (TPSA) is 98.7 Å². The van der Waals surface area contributed by atoms with E-state index in [-0.39, 0.29) is 17.4 Å². The molecule has 0 radical (unpaired) electrons. The molecule has 0 bridgehead atoms. The van der Waals surface area contributed by atoms with Crippen molar-refractivity contribution in [3.05, 3.63) is 65.7 Å². The van der Waals surface area contributed by atoms with Gasteiger partial charge in [-0.2, -0.15) is 0 Å². The second kappa shape index (κ2) is 10.2. The Bertz CT molecular complexity index is 996. The van der Waals surface area contributed by atoms with Gasteiger partial charge in [0.2, 0.25) is 11.8 Å². The maximum Gasteiger partial charge on any atom is 0.335 e. The highest BCUT2D eigenvalue weighted by Crippen LogP contribution is 2.29. The number of hydrogen-bond acceptors (Lipinski definition) is 4. The van der Waals surface area contributed by atoms with Crippen molar-refractivity contribution < 1.29 is 19.5 Å². The van der Waals surface area contributed by atoms with Gasteiger partial charge in [0.15, 0.2) is 0 Å². The molecule has 7 heteroatoms. The molecule has 2 atom stereocenters. The minimum atomic E-state index is -1.07. The van der Waals surface area contributed by atoms with Gasteiger partial charge >= 0.3 is 5.97 Å². The number of carboxylic acid groups (broad SMARTS) is 1. The molecule has 0 fully saturated rings. The monoisotopic (exact) mass is 453 g/mol. The average molecular weight is 454 g/mol. The van der Waals surface area contributed by atoms with Crippen LogP contribution < -0.4 is 15.5 Å². The van der Waals surface area contributed by atoms with Crippen molar-refractivity contribution in [2.45, 2.75) is 52.1 Å². The number of carbonyl (C=O) groups is 3. The molecule has 0 saturated carbocycles. The number of benzene rings is 2. The van der Waals surface area contributed by atoms with E-state index in [0.29, 0.717) is 5.69 Å². The molecule has 3 N–H and O–H groups in total. The summed E-state index contributed by atoms with van der Waals surface area (Å²) in [5.74, 6) is -1.68. The van der Waals surface area contributed by atoms with Crippen LogP contribution in [0.2, 0.25) is 0 Å². The number of likely N-dealkylation sites (N-methyl/N-ethyl adjacent to an activating group) is 2. The predicted octanol–water partition coefficient (Wildman–Crippen LogP) is 3.44. The Morgan fingerprint density at radius 2 is 1.52 bits per heavy atom. The van der Waals surface area contributed by atoms with Gasteiger partial charge in [-0.3, -0.25) is 9.59 Å². The largest absolute Gasteiger partial charge is 0.478 e. The Balaban J connectivity index is 2.33. The fourth-order valence-corrected chi connectivity index (χ4v) is 3.90. The second-order valence-corrected chi connectivity index (χ2v) is 9.87. The van der Waals surface area contributed by atoms with Crippen molar-refractivity contribution in [1.82, 2.24) is 10.6 Å². The van der Waals surface area contributed by atoms with Gasteiger partial charge in [0.05, 0.1) is 11.6 Å². The van der Waals surface area contributed by atoms with Gasteiger partial charge in [-0.15, -0.1) is 0 Å². The second-order valence-electron chi connectivity index (χ2n) is 9.87. The molecule has 0 spiro atoms. The molecule has 0 saturated heterocycles. The fraction of sp³-hybridized carbons (Fsp3) is 0.423. The summed E-state index contributed by atoms with van der Waals surface area (Å²) in [6.07, 6.45) is 0. The Labute approximate surface area is 196 Å². The first-order valence-electron chi connectivity index (χ1n) is 10.9. The number of aromatic carboxylic acids is 1. The molecule has 0 aromatic heterocycles. The molecule has 2 amide bonds. The van der Waals surface area contributed by atoms with E-state index in [1.165, 1.54) is 17.0 Å². The maximum absolute atomic E-state index is 13.5. The van der Waals surface area contributed by atoms with Crippen LogP contribution in [0.25, 0.3) is 0 Å². The standard InChI is InChI=1S/C26H35N3O4/c1-25(2,3)21(23(31)29(7)19-15-11-12-17(16-19)24(32)33)28-22(30)20(27-6)26(4,5)18-13-9-8-10-14-18/h8-16,20-21,27H,1-7H3,(H,28,30)(H,32,33)/t20-,21?/m1/s1. The highest BCUT2D eigenvalue weighted by atomic mass is 16.4. The summed E-state index contributed by atoms with van der Waals surface area (Å²) in [5, 5.41) is 15.4. The highest BCUT2D eigenvalue weighted by molar-refractivity contribution is 6.01. The summed E-state index contributed by atoms with van der Waals surface area (Å²) in [6, 6.07) is 14.5. The average Bonchev–Trinajstić information content (AvgIpc) is 2.76. The first-order valence-corrected chi connectivity index (χ1v) is 10.9. The van der Waals surface area contributed by atoms with Gasteiger partial charge in [0.1, 0.15) is 6.04 Å². The molecule has 0 aliphatic carbocycles. The summed E-state index contributed by atoms with van der Waals surface area (Å²) in [4.78, 5) is 39.6. The van der Waals surface area contributed by atoms with Crippen LogP contribution in [-0.2, 0) is 15.0 Å². The predicted molar refractivity (Wildman–Crippen MR) is 131 cm³/mol. The molecular formula is C26H35N3O4. The van der Waals surface area contributed by atoms with Crippen LogP contribution in [0.3, 0.4) is 0 Å². The molecule has 2 aromatic rings. The zero-order valence-corrected chi connectivity index (χ0v) is 20.5. The van der Waals surface area contributed by atoms with Crippen LogP contribution in [0.5, 0.6) is 0 Å². The number of amides is 2. The molecule has 1 unspecified atom stereocenters. The van der Waals surface area contributed by atoms with Crippen molar-refractivity contribution in [3.8, 4) is 0 Å². The number of hydrogen-bond donors (Lipinski definition) is 3. The van der Waals surface area contributed by atoms with Crippen molar-refractivity contribution in [1.29, 1.82) is 0 Å². The number of carbonyl (C=O) groups excluding carboxylic acids is 2. The molecule has 178 valence electrons. The van der Waals surface area contributed by atoms with Crippen LogP contribution in [0.4, 0.5) is 5.69 Å². The van der Waals surface area contributed by atoms with E-state index in [4.69, 9.17) is 0 Å². The van der Waals surface area contributed by atoms with E-state index in [0.717, 1.165) is 5.56 Å². The minimum Gasteiger partial charge on any atom is -0.478 e. The Morgan fingerprint density at radius 1 is 0.909 bits per heavy atom. The third kappa shape index (κ3) is 5.99. The van der Waals surface area contributed by atoms with E-state index in [1.807, 2.05) is 65.0 Å². The summed E-state index contributed by atoms with van der Waals surface area (Å²) >= 11 is 0. The summed E-state index contributed by atoms with van der Waals surface area (Å²) in [7, 11) is 3.31. The molecule has 0 heterocycles. The van der Waals surface area contributed by atoms with Gasteiger partial charge in [-0.1, -0.05) is 71.0 Å². The maximum atomic E-state index is 13.5. The van der Waals surface area contributed by atoms with Gasteiger partial charge in [-0.25, -0.2) is 4.79 Å². The SMILES string of the molecule is CN[C@H](C(=O)NC(C(=O)N(C)c1cccc(C(=O)O)c1)C(C)(C)C)C(C)(C)c1ccccc1. The third-order valence-electron chi connectivity index (χ3n) is 6.00. The van der Waals surface area contributed by atoms with Crippen LogP contribution >= 0.6 is 0 Å². The molecule has 2 rings (SSSR count). The van der Waals surface area contributed by atoms with Crippen molar-refractivity contribution in [2.24, 2.45) is 5.41 Å². The normalized spacial score (nSPS) is 13.7. The minimum absolute atomic E-state index is 0.0864. The lowest BCUT2D eigenvalue weighted by molar-refractivity contribution is -0.131. The molecular weight excluding hydrogens is 418 g/mol. The van der Waals surface area contributed by atoms with Gasteiger partial charge in [0.25, 0.3) is 0 Å². The number of rotatable bonds is 8. The molecule has 0 aliphatic heterocycles. The molecule has 33 heavy (non-hydrogen) atoms. The Hall–Kier alpha value is -3.19. The molecule has 0 aliphatic rings. The molecule has 7 nitrogen and oxygen atoms in total. The van der Waals surface area contributed by atoms with E-state index in [1.54, 1.807) is 26.2 Å². The van der Waals surface area contributed by atoms with Gasteiger partial charge in [-0.05, 0) is 36.2 Å². The summed E-state index contributed by atoms with van der Waals surface area (Å²) < 4.78 is 0. The summed E-state index contributed by atoms with van der Waals surface area (Å²) in [5.41, 5.74) is 0.413.